The van der Waals surface area contributed by atoms with Crippen LogP contribution < -0.4 is 5.73 Å². The van der Waals surface area contributed by atoms with E-state index in [-0.39, 0.29) is 5.84 Å². The fourth-order valence-corrected chi connectivity index (χ4v) is 1.64. The first-order valence-corrected chi connectivity index (χ1v) is 5.60. The number of nitrogens with one attached hydrogen (secondary N) is 1. The Hall–Kier alpha value is -2.02. The van der Waals surface area contributed by atoms with E-state index in [1.165, 1.54) is 18.0 Å². The smallest absolute Gasteiger partial charge is 0.193 e. The predicted molar refractivity (Wildman–Crippen MR) is 63.9 cm³/mol. The van der Waals surface area contributed by atoms with Crippen LogP contribution in [-0.2, 0) is 0 Å². The van der Waals surface area contributed by atoms with Crippen molar-refractivity contribution in [2.24, 2.45) is 5.73 Å². The van der Waals surface area contributed by atoms with Crippen LogP contribution in [0, 0.1) is 12.3 Å². The average molecular weight is 246 g/mol. The van der Waals surface area contributed by atoms with E-state index >= 15 is 0 Å². The number of nitrogens with zero attached hydrogens (tertiary/aromatic N) is 4. The third-order valence-corrected chi connectivity index (χ3v) is 2.67. The van der Waals surface area contributed by atoms with Crippen molar-refractivity contribution < 1.29 is 0 Å². The second-order valence-electron chi connectivity index (χ2n) is 3.30. The number of aryl methyl sites for hydroxylation is 1. The Morgan fingerprint density at radius 1 is 1.12 bits per heavy atom. The topological polar surface area (TPSA) is 101 Å². The minimum absolute atomic E-state index is 0.0966. The SMILES string of the molecule is Cc1cnc(Sc2cnc(C(=N)N)cn2)nc1. The van der Waals surface area contributed by atoms with Crippen molar-refractivity contribution in [3.63, 3.8) is 0 Å². The average Bonchev–Trinajstić information content (AvgIpc) is 2.33. The highest BCUT2D eigenvalue weighted by atomic mass is 32.2. The summed E-state index contributed by atoms with van der Waals surface area (Å²) < 4.78 is 0. The molecule has 0 saturated heterocycles. The van der Waals surface area contributed by atoms with Crippen LogP contribution in [0.25, 0.3) is 0 Å². The molecule has 0 unspecified atom stereocenters. The molecule has 3 N–H and O–H groups in total. The Labute approximate surface area is 102 Å². The van der Waals surface area contributed by atoms with Crippen molar-refractivity contribution in [2.45, 2.75) is 17.1 Å². The van der Waals surface area contributed by atoms with E-state index in [1.54, 1.807) is 18.6 Å². The summed E-state index contributed by atoms with van der Waals surface area (Å²) in [4.78, 5) is 16.4. The van der Waals surface area contributed by atoms with Gasteiger partial charge in [-0.15, -0.1) is 0 Å². The Kier molecular flexibility index (Phi) is 3.29. The van der Waals surface area contributed by atoms with Gasteiger partial charge < -0.3 is 5.73 Å². The molecule has 0 radical (unpaired) electrons. The van der Waals surface area contributed by atoms with Crippen LogP contribution in [0.1, 0.15) is 11.3 Å². The van der Waals surface area contributed by atoms with Crippen molar-refractivity contribution in [3.8, 4) is 0 Å². The van der Waals surface area contributed by atoms with Gasteiger partial charge in [-0.3, -0.25) is 5.41 Å². The molecule has 0 aliphatic carbocycles. The zero-order valence-corrected chi connectivity index (χ0v) is 9.90. The maximum Gasteiger partial charge on any atom is 0.193 e. The van der Waals surface area contributed by atoms with Crippen LogP contribution in [-0.4, -0.2) is 25.8 Å². The van der Waals surface area contributed by atoms with Crippen LogP contribution >= 0.6 is 11.8 Å². The second kappa shape index (κ2) is 4.88. The maximum atomic E-state index is 7.19. The minimum Gasteiger partial charge on any atom is -0.382 e. The molecule has 0 fully saturated rings. The van der Waals surface area contributed by atoms with Crippen LogP contribution in [0.5, 0.6) is 0 Å². The van der Waals surface area contributed by atoms with E-state index in [1.807, 2.05) is 6.92 Å². The second-order valence-corrected chi connectivity index (χ2v) is 4.29. The highest BCUT2D eigenvalue weighted by molar-refractivity contribution is 7.99. The third kappa shape index (κ3) is 2.97. The molecule has 0 aliphatic rings. The van der Waals surface area contributed by atoms with Gasteiger partial charge in [0.05, 0.1) is 12.4 Å². The van der Waals surface area contributed by atoms with Gasteiger partial charge in [-0.25, -0.2) is 19.9 Å². The number of aromatic nitrogens is 4. The number of hydrogen-bond donors (Lipinski definition) is 2. The van der Waals surface area contributed by atoms with Crippen LogP contribution in [0.4, 0.5) is 0 Å². The van der Waals surface area contributed by atoms with E-state index in [2.05, 4.69) is 19.9 Å². The van der Waals surface area contributed by atoms with Crippen LogP contribution in [0.15, 0.2) is 35.0 Å². The lowest BCUT2D eigenvalue weighted by molar-refractivity contribution is 0.940. The van der Waals surface area contributed by atoms with Gasteiger partial charge in [0.15, 0.2) is 5.16 Å². The van der Waals surface area contributed by atoms with Crippen LogP contribution in [0.3, 0.4) is 0 Å². The van der Waals surface area contributed by atoms with Gasteiger partial charge in [0.2, 0.25) is 0 Å². The fraction of sp³-hybridized carbons (Fsp3) is 0.100. The largest absolute Gasteiger partial charge is 0.382 e. The molecule has 0 saturated carbocycles. The molecule has 2 heterocycles. The number of amidine groups is 1. The van der Waals surface area contributed by atoms with Gasteiger partial charge in [-0.2, -0.15) is 0 Å². The first kappa shape index (κ1) is 11.5. The molecular weight excluding hydrogens is 236 g/mol. The molecule has 0 spiro atoms. The van der Waals surface area contributed by atoms with Gasteiger partial charge in [0, 0.05) is 12.4 Å². The first-order chi connectivity index (χ1) is 8.15. The van der Waals surface area contributed by atoms with Gasteiger partial charge in [0.1, 0.15) is 16.6 Å². The summed E-state index contributed by atoms with van der Waals surface area (Å²) in [6, 6.07) is 0. The summed E-state index contributed by atoms with van der Waals surface area (Å²) >= 11 is 1.31. The van der Waals surface area contributed by atoms with E-state index in [4.69, 9.17) is 11.1 Å². The molecule has 2 rings (SSSR count). The van der Waals surface area contributed by atoms with Gasteiger partial charge in [-0.1, -0.05) is 0 Å². The summed E-state index contributed by atoms with van der Waals surface area (Å²) in [7, 11) is 0. The van der Waals surface area contributed by atoms with Crippen molar-refractivity contribution in [1.82, 2.24) is 19.9 Å². The van der Waals surface area contributed by atoms with E-state index in [9.17, 15) is 0 Å². The minimum atomic E-state index is -0.0966. The lowest BCUT2D eigenvalue weighted by Gasteiger charge is -2.00. The highest BCUT2D eigenvalue weighted by Crippen LogP contribution is 2.20. The standard InChI is InChI=1S/C10H10N6S/c1-6-2-15-10(16-3-6)17-8-5-13-7(4-14-8)9(11)12/h2-5H,1H3,(H3,11,12). The predicted octanol–water partition coefficient (Wildman–Crippen LogP) is 1.01. The molecule has 2 aromatic rings. The molecule has 0 aromatic carbocycles. The molecule has 6 nitrogen and oxygen atoms in total. The molecule has 86 valence electrons. The molecule has 0 amide bonds. The zero-order valence-electron chi connectivity index (χ0n) is 9.08. The first-order valence-electron chi connectivity index (χ1n) is 4.78. The van der Waals surface area contributed by atoms with E-state index in [0.29, 0.717) is 15.9 Å². The summed E-state index contributed by atoms with van der Waals surface area (Å²) in [5.41, 5.74) is 6.65. The quantitative estimate of drug-likeness (QED) is 0.476. The number of hydrogen-bond acceptors (Lipinski definition) is 6. The maximum absolute atomic E-state index is 7.19. The highest BCUT2D eigenvalue weighted by Gasteiger charge is 2.03. The van der Waals surface area contributed by atoms with Crippen molar-refractivity contribution in [1.29, 1.82) is 5.41 Å². The molecule has 7 heteroatoms. The summed E-state index contributed by atoms with van der Waals surface area (Å²) in [6.45, 7) is 1.93. The number of nitrogens with two attached hydrogens (primary N) is 1. The molecule has 0 bridgehead atoms. The number of rotatable bonds is 3. The summed E-state index contributed by atoms with van der Waals surface area (Å²) in [5.74, 6) is -0.0966. The molecule has 0 aliphatic heterocycles. The normalized spacial score (nSPS) is 10.2. The van der Waals surface area contributed by atoms with Gasteiger partial charge in [-0.05, 0) is 24.2 Å². The third-order valence-electron chi connectivity index (χ3n) is 1.86. The van der Waals surface area contributed by atoms with Gasteiger partial charge in [0.25, 0.3) is 0 Å². The lowest BCUT2D eigenvalue weighted by atomic mass is 10.4. The Balaban J connectivity index is 2.13. The monoisotopic (exact) mass is 246 g/mol. The molecule has 0 atom stereocenters. The molecule has 2 aromatic heterocycles. The van der Waals surface area contributed by atoms with E-state index in [0.717, 1.165) is 5.56 Å². The summed E-state index contributed by atoms with van der Waals surface area (Å²) in [6.07, 6.45) is 6.49. The Bertz CT molecular complexity index is 521. The number of nitrogen functional groups attached to an aromatic ring is 1. The molecular formula is C10H10N6S. The van der Waals surface area contributed by atoms with Gasteiger partial charge >= 0.3 is 0 Å². The van der Waals surface area contributed by atoms with Crippen molar-refractivity contribution in [2.75, 3.05) is 0 Å². The summed E-state index contributed by atoms with van der Waals surface area (Å²) in [5, 5.41) is 8.47. The van der Waals surface area contributed by atoms with Crippen LogP contribution in [0.2, 0.25) is 0 Å². The van der Waals surface area contributed by atoms with Crippen molar-refractivity contribution >= 4 is 17.6 Å². The molecule has 17 heavy (non-hydrogen) atoms. The Morgan fingerprint density at radius 2 is 1.82 bits per heavy atom. The zero-order chi connectivity index (χ0) is 12.3. The Morgan fingerprint density at radius 3 is 2.35 bits per heavy atom. The van der Waals surface area contributed by atoms with E-state index < -0.39 is 0 Å². The lowest BCUT2D eigenvalue weighted by Crippen LogP contribution is -2.13. The van der Waals surface area contributed by atoms with Crippen molar-refractivity contribution in [3.05, 3.63) is 36.0 Å². The fourth-order valence-electron chi connectivity index (χ4n) is 1.03.